The average Bonchev–Trinajstić information content (AvgIpc) is 3.74. The van der Waals surface area contributed by atoms with Crippen LogP contribution in [0.1, 0.15) is 164 Å². The van der Waals surface area contributed by atoms with Crippen molar-refractivity contribution in [2.24, 2.45) is 17.8 Å². The Morgan fingerprint density at radius 1 is 0.753 bits per heavy atom. The van der Waals surface area contributed by atoms with Crippen molar-refractivity contribution in [2.45, 2.75) is 155 Å². The van der Waals surface area contributed by atoms with Crippen molar-refractivity contribution in [3.05, 3.63) is 83.8 Å². The molecule has 0 aliphatic rings. The van der Waals surface area contributed by atoms with Gasteiger partial charge in [0.05, 0.1) is 58.4 Å². The quantitative estimate of drug-likeness (QED) is 0.00803. The maximum Gasteiger partial charge on any atom is 0.435 e. The Bertz CT molecular complexity index is 2460. The summed E-state index contributed by atoms with van der Waals surface area (Å²) in [5.41, 5.74) is 9.03. The number of ether oxygens (including phenoxy) is 3. The van der Waals surface area contributed by atoms with Crippen molar-refractivity contribution in [1.29, 1.82) is 0 Å². The number of aryl methyl sites for hydroxylation is 1. The monoisotopic (exact) mass is 1090 g/mol. The van der Waals surface area contributed by atoms with Crippen LogP contribution in [-0.2, 0) is 51.0 Å². The molecule has 0 saturated carbocycles. The van der Waals surface area contributed by atoms with Crippen LogP contribution in [0.25, 0.3) is 11.0 Å². The number of nitrogens with one attached hydrogen (secondary N) is 1. The number of likely N-dealkylation sites (N-methyl/N-ethyl adjacent to an activating group) is 1. The number of phosphoric ester groups is 1. The molecule has 0 aliphatic carbocycles. The van der Waals surface area contributed by atoms with E-state index in [2.05, 4.69) is 22.2 Å². The van der Waals surface area contributed by atoms with Crippen LogP contribution in [0.4, 0.5) is 16.3 Å². The van der Waals surface area contributed by atoms with E-state index in [9.17, 15) is 28.6 Å². The molecule has 426 valence electrons. The lowest BCUT2D eigenvalue weighted by Gasteiger charge is -2.28. The first-order valence-electron chi connectivity index (χ1n) is 27.8. The maximum atomic E-state index is 14.3. The summed E-state index contributed by atoms with van der Waals surface area (Å²) in [6, 6.07) is 17.4. The van der Waals surface area contributed by atoms with Gasteiger partial charge in [-0.2, -0.15) is 4.99 Å². The van der Waals surface area contributed by atoms with Gasteiger partial charge in [0.2, 0.25) is 0 Å². The lowest BCUT2D eigenvalue weighted by atomic mass is 10.0. The summed E-state index contributed by atoms with van der Waals surface area (Å²) in [6.07, 6.45) is 20.2. The number of quaternary nitrogens is 1. The molecule has 2 amide bonds. The van der Waals surface area contributed by atoms with Gasteiger partial charge in [-0.15, -0.1) is 0 Å². The molecule has 4 rings (SSSR count). The Balaban J connectivity index is 1.30. The van der Waals surface area contributed by atoms with E-state index in [-0.39, 0.29) is 38.4 Å². The second-order valence-electron chi connectivity index (χ2n) is 20.5. The minimum absolute atomic E-state index is 0.0509. The van der Waals surface area contributed by atoms with E-state index in [1.54, 1.807) is 48.5 Å². The van der Waals surface area contributed by atoms with Gasteiger partial charge in [0.1, 0.15) is 37.2 Å². The lowest BCUT2D eigenvalue weighted by Crippen LogP contribution is -2.37. The van der Waals surface area contributed by atoms with Crippen LogP contribution in [0, 0.1) is 0 Å². The molecule has 0 bridgehead atoms. The third kappa shape index (κ3) is 25.5. The number of aliphatic imine (C=N–C) groups is 1. The number of anilines is 2. The van der Waals surface area contributed by atoms with Crippen molar-refractivity contribution in [3.8, 4) is 0 Å². The molecule has 4 aromatic rings. The molecule has 20 heteroatoms. The third-order valence-electron chi connectivity index (χ3n) is 12.9. The number of benzene rings is 2. The van der Waals surface area contributed by atoms with Gasteiger partial charge in [0, 0.05) is 43.0 Å². The SMILES string of the molecule is CCCCCCCCCCCCCCCCCCC(=O)OC(COC(=O)CCN(C(=O)c1ccc2c(c1)nc(CNc1ccc(/C(N)=N/C(=O)OCCCC)cc1)n2C)c1ccccn1)COP(=O)([O-])OCC[N+](C)(C)C. The van der Waals surface area contributed by atoms with Gasteiger partial charge < -0.3 is 48.3 Å². The second kappa shape index (κ2) is 34.9. The number of imidazole rings is 1. The number of amidine groups is 1. The molecule has 0 fully saturated rings. The number of amides is 2. The first-order chi connectivity index (χ1) is 37.0. The number of pyridine rings is 1. The summed E-state index contributed by atoms with van der Waals surface area (Å²) in [5, 5.41) is 3.34. The number of unbranched alkanes of at least 4 members (excludes halogenated alkanes) is 16. The van der Waals surface area contributed by atoms with Gasteiger partial charge in [-0.3, -0.25) is 23.8 Å². The highest BCUT2D eigenvalue weighted by Gasteiger charge is 2.25. The smallest absolute Gasteiger partial charge is 0.435 e. The molecule has 77 heavy (non-hydrogen) atoms. The zero-order chi connectivity index (χ0) is 55.9. The topological polar surface area (TPSA) is 239 Å². The molecule has 2 aromatic heterocycles. The summed E-state index contributed by atoms with van der Waals surface area (Å²) < 4.78 is 41.5. The summed E-state index contributed by atoms with van der Waals surface area (Å²) >= 11 is 0. The van der Waals surface area contributed by atoms with Gasteiger partial charge in [0.25, 0.3) is 13.7 Å². The van der Waals surface area contributed by atoms with Crippen LogP contribution in [0.5, 0.6) is 0 Å². The van der Waals surface area contributed by atoms with Gasteiger partial charge in [-0.25, -0.2) is 14.8 Å². The Morgan fingerprint density at radius 2 is 1.38 bits per heavy atom. The van der Waals surface area contributed by atoms with E-state index in [0.29, 0.717) is 52.3 Å². The van der Waals surface area contributed by atoms with E-state index < -0.39 is 51.1 Å². The molecular weight excluding hydrogens is 1000 g/mol. The Kier molecular flexibility index (Phi) is 28.9. The highest BCUT2D eigenvalue weighted by Crippen LogP contribution is 2.38. The fourth-order valence-corrected chi connectivity index (χ4v) is 8.98. The largest absolute Gasteiger partial charge is 0.756 e. The summed E-state index contributed by atoms with van der Waals surface area (Å²) in [6.45, 7) is 3.92. The Hall–Kier alpha value is -5.72. The third-order valence-corrected chi connectivity index (χ3v) is 13.9. The number of rotatable bonds is 39. The molecule has 2 unspecified atom stereocenters. The van der Waals surface area contributed by atoms with Crippen molar-refractivity contribution < 1.29 is 56.4 Å². The Labute approximate surface area is 456 Å². The van der Waals surface area contributed by atoms with E-state index in [4.69, 9.17) is 34.0 Å². The predicted molar refractivity (Wildman–Crippen MR) is 299 cm³/mol. The van der Waals surface area contributed by atoms with E-state index in [1.165, 1.54) is 88.1 Å². The minimum atomic E-state index is -4.79. The molecule has 0 aliphatic heterocycles. The van der Waals surface area contributed by atoms with Crippen molar-refractivity contribution in [1.82, 2.24) is 14.5 Å². The van der Waals surface area contributed by atoms with Crippen LogP contribution in [0.3, 0.4) is 0 Å². The molecule has 0 saturated heterocycles. The van der Waals surface area contributed by atoms with Gasteiger partial charge in [0.15, 0.2) is 6.10 Å². The van der Waals surface area contributed by atoms with Crippen LogP contribution < -0.4 is 20.8 Å². The zero-order valence-electron chi connectivity index (χ0n) is 46.7. The molecule has 3 N–H and O–H groups in total. The fourth-order valence-electron chi connectivity index (χ4n) is 8.25. The van der Waals surface area contributed by atoms with Crippen molar-refractivity contribution in [3.63, 3.8) is 0 Å². The van der Waals surface area contributed by atoms with Crippen LogP contribution in [0.2, 0.25) is 0 Å². The predicted octanol–water partition coefficient (Wildman–Crippen LogP) is 10.6. The van der Waals surface area contributed by atoms with Crippen molar-refractivity contribution >= 4 is 60.1 Å². The zero-order valence-corrected chi connectivity index (χ0v) is 47.6. The molecule has 19 nitrogen and oxygen atoms in total. The maximum absolute atomic E-state index is 14.3. The van der Waals surface area contributed by atoms with Crippen molar-refractivity contribution in [2.75, 3.05) is 70.9 Å². The lowest BCUT2D eigenvalue weighted by molar-refractivity contribution is -0.870. The van der Waals surface area contributed by atoms with Crippen LogP contribution in [0.15, 0.2) is 71.9 Å². The number of fused-ring (bicyclic) bond motifs is 1. The van der Waals surface area contributed by atoms with E-state index in [0.717, 1.165) is 43.3 Å². The molecule has 0 spiro atoms. The molecule has 2 aromatic carbocycles. The number of nitrogens with two attached hydrogens (primary N) is 1. The second-order valence-corrected chi connectivity index (χ2v) is 21.9. The van der Waals surface area contributed by atoms with Crippen LogP contribution >= 0.6 is 7.82 Å². The number of nitrogens with zero attached hydrogens (tertiary/aromatic N) is 6. The van der Waals surface area contributed by atoms with E-state index in [1.807, 2.05) is 51.8 Å². The molecule has 2 atom stereocenters. The number of phosphoric acid groups is 1. The number of hydrogen-bond acceptors (Lipinski definition) is 14. The number of hydrogen-bond donors (Lipinski definition) is 2. The first kappa shape index (κ1) is 63.8. The average molecular weight is 1090 g/mol. The number of carbonyl (C=O) groups is 4. The molecular formula is C57H87N8O11P. The van der Waals surface area contributed by atoms with Gasteiger partial charge in [-0.1, -0.05) is 123 Å². The number of carbonyl (C=O) groups excluding carboxylic acids is 4. The normalized spacial score (nSPS) is 13.0. The minimum Gasteiger partial charge on any atom is -0.756 e. The van der Waals surface area contributed by atoms with Gasteiger partial charge >= 0.3 is 18.0 Å². The number of aromatic nitrogens is 3. The fraction of sp³-hybridized carbons (Fsp3) is 0.596. The summed E-state index contributed by atoms with van der Waals surface area (Å²) in [7, 11) is 2.76. The van der Waals surface area contributed by atoms with Crippen LogP contribution in [-0.4, -0.2) is 116 Å². The standard InChI is InChI=1S/C57H87N8O11P/c1-7-9-11-12-13-14-15-16-17-18-19-20-21-22-23-24-28-54(67)76-48(44-75-77(70,71)74-40-38-65(4,5)6)43-73-53(66)35-37-64(51-27-25-26-36-59-51)56(68)46-31-34-50-49(41-46)61-52(63(50)3)42-60-47-32-29-45(30-33-47)55(58)62-57(69)72-39-10-8-2/h25-27,29-34,36,41,48H,7-24,28,35,37-40,42-44H2,1-6H3,(H3-,58,60,62,69,70,71). The molecule has 0 radical (unpaired) electrons. The van der Waals surface area contributed by atoms with E-state index >= 15 is 0 Å². The van der Waals surface area contributed by atoms with Gasteiger partial charge in [-0.05, 0) is 67.4 Å². The summed E-state index contributed by atoms with van der Waals surface area (Å²) in [5.74, 6) is -0.689. The Morgan fingerprint density at radius 3 is 1.99 bits per heavy atom. The first-order valence-corrected chi connectivity index (χ1v) is 29.2. The number of esters is 2. The highest BCUT2D eigenvalue weighted by atomic mass is 31.2. The highest BCUT2D eigenvalue weighted by molar-refractivity contribution is 7.45. The summed E-state index contributed by atoms with van der Waals surface area (Å²) in [4.78, 5) is 79.7. The molecule has 2 heterocycles.